The van der Waals surface area contributed by atoms with Crippen LogP contribution in [0.25, 0.3) is 0 Å². The quantitative estimate of drug-likeness (QED) is 0.664. The summed E-state index contributed by atoms with van der Waals surface area (Å²) in [7, 11) is 0. The van der Waals surface area contributed by atoms with Gasteiger partial charge in [0.05, 0.1) is 0 Å². The van der Waals surface area contributed by atoms with Crippen molar-refractivity contribution in [3.05, 3.63) is 29.3 Å². The van der Waals surface area contributed by atoms with Crippen LogP contribution in [0.1, 0.15) is 22.3 Å². The summed E-state index contributed by atoms with van der Waals surface area (Å²) in [6.07, 6.45) is 1.83. The van der Waals surface area contributed by atoms with Gasteiger partial charge in [-0.25, -0.2) is 5.48 Å². The Balaban J connectivity index is 2.08. The molecule has 0 aliphatic carbocycles. The minimum absolute atomic E-state index is 0.334. The molecule has 1 aromatic rings. The second-order valence-electron chi connectivity index (χ2n) is 4.05. The van der Waals surface area contributed by atoms with Gasteiger partial charge in [-0.05, 0) is 30.5 Å². The maximum Gasteiger partial charge on any atom is 0.275 e. The molecule has 1 aliphatic heterocycles. The van der Waals surface area contributed by atoms with Crippen LogP contribution in [-0.4, -0.2) is 25.0 Å². The average molecular weight is 249 g/mol. The molecule has 0 radical (unpaired) electrons. The van der Waals surface area contributed by atoms with E-state index in [9.17, 15) is 9.59 Å². The molecular formula is C12H15N3O3. The molecule has 0 aromatic heterocycles. The molecule has 6 nitrogen and oxygen atoms in total. The van der Waals surface area contributed by atoms with E-state index in [4.69, 9.17) is 10.6 Å². The summed E-state index contributed by atoms with van der Waals surface area (Å²) >= 11 is 0. The highest BCUT2D eigenvalue weighted by Gasteiger charge is 2.17. The molecule has 0 saturated heterocycles. The van der Waals surface area contributed by atoms with Crippen LogP contribution in [-0.2, 0) is 16.1 Å². The maximum absolute atomic E-state index is 11.9. The number of fused-ring (bicyclic) bond motifs is 1. The van der Waals surface area contributed by atoms with Gasteiger partial charge in [0, 0.05) is 17.8 Å². The molecule has 1 aromatic carbocycles. The van der Waals surface area contributed by atoms with E-state index in [2.05, 4.69) is 10.8 Å². The number of benzene rings is 1. The molecule has 0 bridgehead atoms. The number of amides is 2. The predicted molar refractivity (Wildman–Crippen MR) is 65.9 cm³/mol. The summed E-state index contributed by atoms with van der Waals surface area (Å²) < 4.78 is 0. The molecule has 6 heteroatoms. The Morgan fingerprint density at radius 2 is 2.28 bits per heavy atom. The summed E-state index contributed by atoms with van der Waals surface area (Å²) in [5.74, 6) is -0.996. The first kappa shape index (κ1) is 12.4. The van der Waals surface area contributed by atoms with E-state index in [1.807, 2.05) is 6.07 Å². The van der Waals surface area contributed by atoms with Gasteiger partial charge in [0.15, 0.2) is 6.61 Å². The molecule has 0 spiro atoms. The van der Waals surface area contributed by atoms with E-state index in [1.165, 1.54) is 0 Å². The predicted octanol–water partition coefficient (Wildman–Crippen LogP) is 0.191. The van der Waals surface area contributed by atoms with Gasteiger partial charge in [-0.1, -0.05) is 6.07 Å². The molecule has 1 aliphatic rings. The number of anilines is 1. The van der Waals surface area contributed by atoms with Crippen LogP contribution in [0.4, 0.5) is 5.69 Å². The number of hydrogen-bond acceptors (Lipinski definition) is 4. The van der Waals surface area contributed by atoms with Crippen LogP contribution in [0.15, 0.2) is 18.2 Å². The van der Waals surface area contributed by atoms with Gasteiger partial charge in [-0.15, -0.1) is 0 Å². The molecule has 0 unspecified atom stereocenters. The van der Waals surface area contributed by atoms with Crippen LogP contribution < -0.4 is 16.5 Å². The van der Waals surface area contributed by atoms with E-state index in [-0.39, 0.29) is 12.5 Å². The second kappa shape index (κ2) is 5.50. The fraction of sp³-hybridized carbons (Fsp3) is 0.333. The van der Waals surface area contributed by atoms with E-state index in [0.29, 0.717) is 5.56 Å². The van der Waals surface area contributed by atoms with Crippen molar-refractivity contribution < 1.29 is 14.4 Å². The first-order valence-electron chi connectivity index (χ1n) is 5.74. The third-order valence-corrected chi connectivity index (χ3v) is 2.72. The zero-order valence-corrected chi connectivity index (χ0v) is 9.86. The van der Waals surface area contributed by atoms with E-state index >= 15 is 0 Å². The Bertz CT molecular complexity index is 474. The van der Waals surface area contributed by atoms with Gasteiger partial charge in [0.1, 0.15) is 0 Å². The van der Waals surface area contributed by atoms with Crippen LogP contribution in [0.5, 0.6) is 0 Å². The molecule has 0 atom stereocenters. The van der Waals surface area contributed by atoms with Gasteiger partial charge >= 0.3 is 0 Å². The lowest BCUT2D eigenvalue weighted by atomic mass is 9.97. The lowest BCUT2D eigenvalue weighted by Crippen LogP contribution is -2.30. The van der Waals surface area contributed by atoms with Crippen molar-refractivity contribution in [1.29, 1.82) is 0 Å². The smallest absolute Gasteiger partial charge is 0.275 e. The van der Waals surface area contributed by atoms with Crippen LogP contribution in [0.2, 0.25) is 0 Å². The Labute approximate surface area is 104 Å². The van der Waals surface area contributed by atoms with Crippen molar-refractivity contribution in [2.24, 2.45) is 5.73 Å². The summed E-state index contributed by atoms with van der Waals surface area (Å²) in [4.78, 5) is 27.1. The highest BCUT2D eigenvalue weighted by atomic mass is 16.7. The summed E-state index contributed by atoms with van der Waals surface area (Å²) in [6.45, 7) is 0.579. The van der Waals surface area contributed by atoms with E-state index in [0.717, 1.165) is 30.6 Å². The Hall–Kier alpha value is -2.08. The highest BCUT2D eigenvalue weighted by Crippen LogP contribution is 2.25. The maximum atomic E-state index is 11.9. The minimum Gasteiger partial charge on any atom is -0.385 e. The number of primary amides is 1. The zero-order chi connectivity index (χ0) is 13.0. The molecule has 0 saturated carbocycles. The Morgan fingerprint density at radius 1 is 1.44 bits per heavy atom. The Morgan fingerprint density at radius 3 is 3.06 bits per heavy atom. The van der Waals surface area contributed by atoms with Crippen molar-refractivity contribution >= 4 is 17.5 Å². The van der Waals surface area contributed by atoms with Crippen LogP contribution >= 0.6 is 0 Å². The lowest BCUT2D eigenvalue weighted by molar-refractivity contribution is -0.124. The third kappa shape index (κ3) is 2.78. The van der Waals surface area contributed by atoms with Gasteiger partial charge < -0.3 is 11.1 Å². The summed E-state index contributed by atoms with van der Waals surface area (Å²) in [5.41, 5.74) is 9.63. The summed E-state index contributed by atoms with van der Waals surface area (Å²) in [5, 5.41) is 3.24. The molecule has 2 rings (SSSR count). The molecule has 4 N–H and O–H groups in total. The number of carbonyl (C=O) groups is 2. The zero-order valence-electron chi connectivity index (χ0n) is 9.86. The van der Waals surface area contributed by atoms with E-state index in [1.54, 1.807) is 12.1 Å². The molecule has 1 heterocycles. The number of hydrogen-bond donors (Lipinski definition) is 3. The molecule has 0 fully saturated rings. The number of nitrogens with two attached hydrogens (primary N) is 1. The second-order valence-corrected chi connectivity index (χ2v) is 4.05. The standard InChI is InChI=1S/C12H15N3O3/c13-11(16)7-18-15-12(17)9-3-1-5-10-8(9)4-2-6-14-10/h1,3,5,14H,2,4,6-7H2,(H2,13,16)(H,15,17). The van der Waals surface area contributed by atoms with Crippen molar-refractivity contribution in [2.75, 3.05) is 18.5 Å². The van der Waals surface area contributed by atoms with E-state index < -0.39 is 5.91 Å². The lowest BCUT2D eigenvalue weighted by Gasteiger charge is -2.20. The van der Waals surface area contributed by atoms with Gasteiger partial charge in [0.25, 0.3) is 5.91 Å². The molecular weight excluding hydrogens is 234 g/mol. The largest absolute Gasteiger partial charge is 0.385 e. The number of hydroxylamine groups is 1. The summed E-state index contributed by atoms with van der Waals surface area (Å²) in [6, 6.07) is 5.48. The first-order chi connectivity index (χ1) is 8.68. The highest BCUT2D eigenvalue weighted by molar-refractivity contribution is 5.96. The van der Waals surface area contributed by atoms with Crippen molar-refractivity contribution in [3.63, 3.8) is 0 Å². The SMILES string of the molecule is NC(=O)CONC(=O)c1cccc2c1CCCN2. The van der Waals surface area contributed by atoms with Gasteiger partial charge in [0.2, 0.25) is 5.91 Å². The average Bonchev–Trinajstić information content (AvgIpc) is 2.37. The normalized spacial score (nSPS) is 13.3. The van der Waals surface area contributed by atoms with Crippen molar-refractivity contribution in [1.82, 2.24) is 5.48 Å². The van der Waals surface area contributed by atoms with Crippen LogP contribution in [0, 0.1) is 0 Å². The molecule has 96 valence electrons. The van der Waals surface area contributed by atoms with Crippen LogP contribution in [0.3, 0.4) is 0 Å². The number of carbonyl (C=O) groups excluding carboxylic acids is 2. The number of nitrogens with one attached hydrogen (secondary N) is 2. The minimum atomic E-state index is -0.632. The number of rotatable bonds is 4. The van der Waals surface area contributed by atoms with Crippen molar-refractivity contribution in [3.8, 4) is 0 Å². The molecule has 2 amide bonds. The topological polar surface area (TPSA) is 93.5 Å². The van der Waals surface area contributed by atoms with Gasteiger partial charge in [-0.2, -0.15) is 0 Å². The van der Waals surface area contributed by atoms with Gasteiger partial charge in [-0.3, -0.25) is 14.4 Å². The molecule has 18 heavy (non-hydrogen) atoms. The fourth-order valence-corrected chi connectivity index (χ4v) is 1.95. The Kier molecular flexibility index (Phi) is 3.78. The van der Waals surface area contributed by atoms with Crippen molar-refractivity contribution in [2.45, 2.75) is 12.8 Å². The fourth-order valence-electron chi connectivity index (χ4n) is 1.95. The first-order valence-corrected chi connectivity index (χ1v) is 5.74. The third-order valence-electron chi connectivity index (χ3n) is 2.72. The monoisotopic (exact) mass is 249 g/mol.